The van der Waals surface area contributed by atoms with Crippen LogP contribution >= 0.6 is 0 Å². The molecular weight excluding hydrogens is 218 g/mol. The quantitative estimate of drug-likeness (QED) is 0.818. The van der Waals surface area contributed by atoms with Crippen LogP contribution in [0.1, 0.15) is 5.56 Å². The van der Waals surface area contributed by atoms with Gasteiger partial charge in [0, 0.05) is 24.9 Å². The zero-order chi connectivity index (χ0) is 12.1. The van der Waals surface area contributed by atoms with Crippen molar-refractivity contribution < 1.29 is 4.74 Å². The molecule has 0 saturated heterocycles. The van der Waals surface area contributed by atoms with Gasteiger partial charge in [-0.15, -0.1) is 0 Å². The van der Waals surface area contributed by atoms with Gasteiger partial charge in [0.1, 0.15) is 18.0 Å². The van der Waals surface area contributed by atoms with Crippen LogP contribution in [-0.2, 0) is 6.54 Å². The van der Waals surface area contributed by atoms with Crippen molar-refractivity contribution in [3.8, 4) is 5.88 Å². The zero-order valence-electron chi connectivity index (χ0n) is 9.42. The second-order valence-corrected chi connectivity index (χ2v) is 3.39. The van der Waals surface area contributed by atoms with Gasteiger partial charge < -0.3 is 15.8 Å². The summed E-state index contributed by atoms with van der Waals surface area (Å²) in [5.74, 6) is 1.72. The number of rotatable bonds is 4. The molecule has 0 aliphatic rings. The molecule has 0 amide bonds. The lowest BCUT2D eigenvalue weighted by Gasteiger charge is -2.06. The first-order valence-electron chi connectivity index (χ1n) is 5.08. The molecule has 6 heteroatoms. The molecule has 0 fully saturated rings. The third-order valence-corrected chi connectivity index (χ3v) is 2.17. The van der Waals surface area contributed by atoms with Crippen molar-refractivity contribution in [3.63, 3.8) is 0 Å². The molecular formula is C11H13N5O. The number of nitrogens with two attached hydrogens (primary N) is 1. The van der Waals surface area contributed by atoms with Crippen molar-refractivity contribution in [1.82, 2.24) is 15.0 Å². The summed E-state index contributed by atoms with van der Waals surface area (Å²) in [5.41, 5.74) is 6.60. The molecule has 0 bridgehead atoms. The number of hydrogen-bond acceptors (Lipinski definition) is 6. The molecule has 17 heavy (non-hydrogen) atoms. The van der Waals surface area contributed by atoms with Crippen molar-refractivity contribution >= 4 is 11.6 Å². The fourth-order valence-electron chi connectivity index (χ4n) is 1.33. The summed E-state index contributed by atoms with van der Waals surface area (Å²) >= 11 is 0. The fourth-order valence-corrected chi connectivity index (χ4v) is 1.33. The van der Waals surface area contributed by atoms with Gasteiger partial charge in [0.05, 0.1) is 7.11 Å². The van der Waals surface area contributed by atoms with Gasteiger partial charge >= 0.3 is 0 Å². The van der Waals surface area contributed by atoms with Crippen LogP contribution in [0.15, 0.2) is 30.7 Å². The van der Waals surface area contributed by atoms with Gasteiger partial charge in [-0.05, 0) is 11.6 Å². The van der Waals surface area contributed by atoms with E-state index < -0.39 is 0 Å². The summed E-state index contributed by atoms with van der Waals surface area (Å²) in [7, 11) is 1.59. The number of nitrogen functional groups attached to an aromatic ring is 1. The summed E-state index contributed by atoms with van der Waals surface area (Å²) in [6.45, 7) is 0.620. The van der Waals surface area contributed by atoms with E-state index >= 15 is 0 Å². The Bertz CT molecular complexity index is 503. The zero-order valence-corrected chi connectivity index (χ0v) is 9.42. The van der Waals surface area contributed by atoms with Gasteiger partial charge in [0.25, 0.3) is 0 Å². The van der Waals surface area contributed by atoms with Gasteiger partial charge in [0.2, 0.25) is 5.88 Å². The Morgan fingerprint density at radius 3 is 2.94 bits per heavy atom. The van der Waals surface area contributed by atoms with Gasteiger partial charge in [-0.3, -0.25) is 0 Å². The van der Waals surface area contributed by atoms with Crippen LogP contribution in [0.5, 0.6) is 5.88 Å². The molecule has 0 spiro atoms. The Labute approximate surface area is 98.9 Å². The molecule has 0 saturated carbocycles. The van der Waals surface area contributed by atoms with E-state index in [9.17, 15) is 0 Å². The summed E-state index contributed by atoms with van der Waals surface area (Å²) in [5, 5.41) is 3.14. The van der Waals surface area contributed by atoms with Crippen molar-refractivity contribution in [2.45, 2.75) is 6.54 Å². The molecule has 88 valence electrons. The molecule has 0 unspecified atom stereocenters. The fraction of sp³-hybridized carbons (Fsp3) is 0.182. The molecule has 2 aromatic rings. The average Bonchev–Trinajstić information content (AvgIpc) is 2.37. The lowest BCUT2D eigenvalue weighted by Crippen LogP contribution is -2.03. The highest BCUT2D eigenvalue weighted by atomic mass is 16.5. The number of methoxy groups -OCH3 is 1. The van der Waals surface area contributed by atoms with Crippen LogP contribution in [0.3, 0.4) is 0 Å². The van der Waals surface area contributed by atoms with Crippen LogP contribution < -0.4 is 15.8 Å². The van der Waals surface area contributed by atoms with Crippen LogP contribution in [0, 0.1) is 0 Å². The van der Waals surface area contributed by atoms with Crippen LogP contribution in [-0.4, -0.2) is 22.1 Å². The second-order valence-electron chi connectivity index (χ2n) is 3.39. The Kier molecular flexibility index (Phi) is 3.34. The van der Waals surface area contributed by atoms with E-state index in [0.29, 0.717) is 24.1 Å². The van der Waals surface area contributed by atoms with E-state index in [2.05, 4.69) is 20.3 Å². The summed E-state index contributed by atoms with van der Waals surface area (Å²) < 4.78 is 5.04. The number of nitrogens with one attached hydrogen (secondary N) is 1. The first-order valence-corrected chi connectivity index (χ1v) is 5.08. The Morgan fingerprint density at radius 2 is 2.18 bits per heavy atom. The van der Waals surface area contributed by atoms with Crippen LogP contribution in [0.25, 0.3) is 0 Å². The normalized spacial score (nSPS) is 9.94. The second kappa shape index (κ2) is 5.11. The molecule has 2 rings (SSSR count). The number of nitrogens with zero attached hydrogens (tertiary/aromatic N) is 3. The SMILES string of the molecule is COc1cc(CNc2cc(N)ncn2)ccn1. The first-order chi connectivity index (χ1) is 8.28. The monoisotopic (exact) mass is 231 g/mol. The largest absolute Gasteiger partial charge is 0.481 e. The third kappa shape index (κ3) is 3.04. The highest BCUT2D eigenvalue weighted by molar-refractivity contribution is 5.43. The summed E-state index contributed by atoms with van der Waals surface area (Å²) in [4.78, 5) is 11.9. The van der Waals surface area contributed by atoms with Crippen molar-refractivity contribution in [2.24, 2.45) is 0 Å². The molecule has 3 N–H and O–H groups in total. The Balaban J connectivity index is 2.02. The van der Waals surface area contributed by atoms with E-state index in [-0.39, 0.29) is 0 Å². The minimum Gasteiger partial charge on any atom is -0.481 e. The number of ether oxygens (including phenoxy) is 1. The Hall–Kier alpha value is -2.37. The highest BCUT2D eigenvalue weighted by Gasteiger charge is 1.98. The van der Waals surface area contributed by atoms with Crippen LogP contribution in [0.2, 0.25) is 0 Å². The molecule has 0 radical (unpaired) electrons. The van der Waals surface area contributed by atoms with E-state index in [1.54, 1.807) is 19.4 Å². The van der Waals surface area contributed by atoms with Gasteiger partial charge in [0.15, 0.2) is 0 Å². The number of pyridine rings is 1. The first kappa shape index (κ1) is 11.1. The summed E-state index contributed by atoms with van der Waals surface area (Å²) in [6.07, 6.45) is 3.12. The smallest absolute Gasteiger partial charge is 0.213 e. The maximum atomic E-state index is 5.55. The standard InChI is InChI=1S/C11H13N5O/c1-17-11-4-8(2-3-13-11)6-14-10-5-9(12)15-7-16-10/h2-5,7H,6H2,1H3,(H3,12,14,15,16). The average molecular weight is 231 g/mol. The molecule has 0 atom stereocenters. The third-order valence-electron chi connectivity index (χ3n) is 2.17. The van der Waals surface area contributed by atoms with Crippen LogP contribution in [0.4, 0.5) is 11.6 Å². The maximum Gasteiger partial charge on any atom is 0.213 e. The molecule has 0 aliphatic heterocycles. The van der Waals surface area contributed by atoms with Gasteiger partial charge in [-0.25, -0.2) is 15.0 Å². The van der Waals surface area contributed by atoms with Gasteiger partial charge in [-0.1, -0.05) is 0 Å². The topological polar surface area (TPSA) is 86.0 Å². The number of anilines is 2. The number of aromatic nitrogens is 3. The maximum absolute atomic E-state index is 5.55. The molecule has 2 heterocycles. The van der Waals surface area contributed by atoms with Crippen molar-refractivity contribution in [2.75, 3.05) is 18.2 Å². The van der Waals surface area contributed by atoms with E-state index in [1.807, 2.05) is 12.1 Å². The lowest BCUT2D eigenvalue weighted by atomic mass is 10.2. The van der Waals surface area contributed by atoms with Gasteiger partial charge in [-0.2, -0.15) is 0 Å². The molecule has 6 nitrogen and oxygen atoms in total. The minimum absolute atomic E-state index is 0.440. The predicted molar refractivity (Wildman–Crippen MR) is 64.6 cm³/mol. The predicted octanol–water partition coefficient (Wildman–Crippen LogP) is 1.07. The highest BCUT2D eigenvalue weighted by Crippen LogP contribution is 2.11. The van der Waals surface area contributed by atoms with E-state index in [4.69, 9.17) is 10.5 Å². The minimum atomic E-state index is 0.440. The van der Waals surface area contributed by atoms with E-state index in [0.717, 1.165) is 5.56 Å². The number of hydrogen-bond donors (Lipinski definition) is 2. The molecule has 0 aliphatic carbocycles. The summed E-state index contributed by atoms with van der Waals surface area (Å²) in [6, 6.07) is 5.44. The molecule has 2 aromatic heterocycles. The van der Waals surface area contributed by atoms with E-state index in [1.165, 1.54) is 6.33 Å². The Morgan fingerprint density at radius 1 is 1.29 bits per heavy atom. The van der Waals surface area contributed by atoms with Crippen molar-refractivity contribution in [1.29, 1.82) is 0 Å². The molecule has 0 aromatic carbocycles. The lowest BCUT2D eigenvalue weighted by molar-refractivity contribution is 0.397. The van der Waals surface area contributed by atoms with Crippen molar-refractivity contribution in [3.05, 3.63) is 36.3 Å².